The van der Waals surface area contributed by atoms with E-state index < -0.39 is 35.0 Å². The van der Waals surface area contributed by atoms with Crippen LogP contribution in [0.2, 0.25) is 0 Å². The molecule has 0 amide bonds. The first kappa shape index (κ1) is 24.1. The van der Waals surface area contributed by atoms with Crippen LogP contribution in [0.5, 0.6) is 0 Å². The summed E-state index contributed by atoms with van der Waals surface area (Å²) in [7, 11) is 0. The third-order valence-electron chi connectivity index (χ3n) is 5.09. The maximum Gasteiger partial charge on any atom is 0.340 e. The molecule has 1 aliphatic heterocycles. The van der Waals surface area contributed by atoms with Gasteiger partial charge in [-0.2, -0.15) is 0 Å². The summed E-state index contributed by atoms with van der Waals surface area (Å²) in [6.07, 6.45) is 3.52. The number of hydrogen-bond donors (Lipinski definition) is 0. The van der Waals surface area contributed by atoms with Crippen LogP contribution in [0, 0.1) is 12.3 Å². The standard InChI is InChI=1S/C27H20O7S/c1-2-27(33-26(30)21-16-10-5-11-17-21)23(32-25(29)20-14-8-4-9-15-20)22(34-35-27)18-31-24(28)19-12-6-3-7-13-19/h1,3-17,22-23H,18H2/t22-,23-,27+/m1/s1. The van der Waals surface area contributed by atoms with Gasteiger partial charge < -0.3 is 14.2 Å². The van der Waals surface area contributed by atoms with Crippen LogP contribution < -0.4 is 0 Å². The Balaban J connectivity index is 1.56. The lowest BCUT2D eigenvalue weighted by atomic mass is 10.1. The second-order valence-corrected chi connectivity index (χ2v) is 8.41. The highest BCUT2D eigenvalue weighted by molar-refractivity contribution is 7.96. The maximum atomic E-state index is 12.9. The molecule has 7 nitrogen and oxygen atoms in total. The summed E-state index contributed by atoms with van der Waals surface area (Å²) in [5, 5.41) is 0. The number of ether oxygens (including phenoxy) is 3. The third-order valence-corrected chi connectivity index (χ3v) is 6.12. The number of rotatable bonds is 7. The monoisotopic (exact) mass is 488 g/mol. The van der Waals surface area contributed by atoms with Gasteiger partial charge in [0, 0.05) is 0 Å². The molecule has 4 rings (SSSR count). The molecule has 0 bridgehead atoms. The van der Waals surface area contributed by atoms with Crippen LogP contribution in [0.25, 0.3) is 0 Å². The Hall–Kier alpha value is -4.06. The van der Waals surface area contributed by atoms with Crippen molar-refractivity contribution in [2.75, 3.05) is 6.61 Å². The van der Waals surface area contributed by atoms with Gasteiger partial charge in [0.1, 0.15) is 12.7 Å². The lowest BCUT2D eigenvalue weighted by Crippen LogP contribution is -2.47. The smallest absolute Gasteiger partial charge is 0.340 e. The summed E-state index contributed by atoms with van der Waals surface area (Å²) in [5.74, 6) is 0.403. The predicted octanol–water partition coefficient (Wildman–Crippen LogP) is 4.30. The fourth-order valence-corrected chi connectivity index (χ4v) is 4.17. The molecule has 0 spiro atoms. The third kappa shape index (κ3) is 5.54. The quantitative estimate of drug-likeness (QED) is 0.211. The summed E-state index contributed by atoms with van der Waals surface area (Å²) < 4.78 is 22.4. The molecule has 176 valence electrons. The molecule has 3 aromatic rings. The van der Waals surface area contributed by atoms with E-state index in [1.807, 2.05) is 0 Å². The molecule has 3 atom stereocenters. The normalized spacial score (nSPS) is 20.9. The van der Waals surface area contributed by atoms with E-state index in [1.165, 1.54) is 0 Å². The van der Waals surface area contributed by atoms with Gasteiger partial charge in [0.2, 0.25) is 0 Å². The average Bonchev–Trinajstić information content (AvgIpc) is 3.25. The number of carbonyl (C=O) groups is 3. The fourth-order valence-electron chi connectivity index (χ4n) is 3.30. The van der Waals surface area contributed by atoms with E-state index >= 15 is 0 Å². The van der Waals surface area contributed by atoms with Gasteiger partial charge in [0.15, 0.2) is 6.10 Å². The number of esters is 3. The zero-order valence-electron chi connectivity index (χ0n) is 18.4. The number of terminal acetylenes is 1. The summed E-state index contributed by atoms with van der Waals surface area (Å²) in [5.41, 5.74) is 0.870. The van der Waals surface area contributed by atoms with Gasteiger partial charge in [0.05, 0.1) is 28.7 Å². The van der Waals surface area contributed by atoms with E-state index in [2.05, 4.69) is 5.92 Å². The highest BCUT2D eigenvalue weighted by Crippen LogP contribution is 2.44. The van der Waals surface area contributed by atoms with Crippen molar-refractivity contribution in [3.63, 3.8) is 0 Å². The molecular weight excluding hydrogens is 468 g/mol. The van der Waals surface area contributed by atoms with E-state index in [0.29, 0.717) is 17.6 Å². The van der Waals surface area contributed by atoms with Crippen molar-refractivity contribution in [3.8, 4) is 12.3 Å². The van der Waals surface area contributed by atoms with Crippen LogP contribution in [0.4, 0.5) is 0 Å². The van der Waals surface area contributed by atoms with Crippen molar-refractivity contribution in [2.24, 2.45) is 0 Å². The SMILES string of the molecule is C#C[C@]1(OC(=O)c2ccccc2)SO[C@H](COC(=O)c2ccccc2)[C@H]1OC(=O)c1ccccc1. The van der Waals surface area contributed by atoms with E-state index in [-0.39, 0.29) is 17.7 Å². The molecule has 35 heavy (non-hydrogen) atoms. The zero-order chi connectivity index (χ0) is 24.7. The van der Waals surface area contributed by atoms with Crippen LogP contribution in [-0.4, -0.2) is 41.7 Å². The Morgan fingerprint density at radius 2 is 1.29 bits per heavy atom. The highest BCUT2D eigenvalue weighted by atomic mass is 32.2. The van der Waals surface area contributed by atoms with Gasteiger partial charge in [-0.05, 0) is 42.3 Å². The minimum absolute atomic E-state index is 0.259. The van der Waals surface area contributed by atoms with Gasteiger partial charge in [-0.1, -0.05) is 54.6 Å². The lowest BCUT2D eigenvalue weighted by molar-refractivity contribution is -0.0591. The van der Waals surface area contributed by atoms with Crippen molar-refractivity contribution < 1.29 is 32.8 Å². The van der Waals surface area contributed by atoms with Crippen LogP contribution >= 0.6 is 12.0 Å². The van der Waals surface area contributed by atoms with Crippen molar-refractivity contribution >= 4 is 30.0 Å². The molecule has 0 aliphatic carbocycles. The highest BCUT2D eigenvalue weighted by Gasteiger charge is 2.57. The topological polar surface area (TPSA) is 88.1 Å². The molecule has 0 radical (unpaired) electrons. The Labute approximate surface area is 206 Å². The molecule has 1 aliphatic rings. The number of hydrogen-bond acceptors (Lipinski definition) is 8. The van der Waals surface area contributed by atoms with Crippen LogP contribution in [0.15, 0.2) is 91.0 Å². The minimum Gasteiger partial charge on any atom is -0.459 e. The molecule has 1 saturated heterocycles. The van der Waals surface area contributed by atoms with Gasteiger partial charge in [-0.25, -0.2) is 14.4 Å². The molecule has 0 saturated carbocycles. The number of benzene rings is 3. The summed E-state index contributed by atoms with van der Waals surface area (Å²) >= 11 is 0.666. The summed E-state index contributed by atoms with van der Waals surface area (Å²) in [6.45, 7) is -0.292. The van der Waals surface area contributed by atoms with Crippen LogP contribution in [0.3, 0.4) is 0 Å². The number of carbonyl (C=O) groups excluding carboxylic acids is 3. The first-order valence-electron chi connectivity index (χ1n) is 10.6. The second-order valence-electron chi connectivity index (χ2n) is 7.44. The van der Waals surface area contributed by atoms with E-state index in [1.54, 1.807) is 91.0 Å². The Kier molecular flexibility index (Phi) is 7.51. The lowest BCUT2D eigenvalue weighted by Gasteiger charge is -2.28. The first-order chi connectivity index (χ1) is 17.0. The van der Waals surface area contributed by atoms with Crippen molar-refractivity contribution in [1.29, 1.82) is 0 Å². The van der Waals surface area contributed by atoms with Crippen molar-refractivity contribution in [3.05, 3.63) is 108 Å². The largest absolute Gasteiger partial charge is 0.459 e. The molecule has 1 heterocycles. The molecule has 8 heteroatoms. The van der Waals surface area contributed by atoms with E-state index in [4.69, 9.17) is 24.8 Å². The molecule has 0 unspecified atom stereocenters. The van der Waals surface area contributed by atoms with Crippen molar-refractivity contribution in [2.45, 2.75) is 17.1 Å². The van der Waals surface area contributed by atoms with Crippen molar-refractivity contribution in [1.82, 2.24) is 0 Å². The van der Waals surface area contributed by atoms with E-state index in [0.717, 1.165) is 0 Å². The molecule has 0 N–H and O–H groups in total. The molecule has 0 aromatic heterocycles. The van der Waals surface area contributed by atoms with Gasteiger partial charge >= 0.3 is 17.9 Å². The molecule has 1 fully saturated rings. The van der Waals surface area contributed by atoms with Crippen LogP contribution in [0.1, 0.15) is 31.1 Å². The first-order valence-corrected chi connectivity index (χ1v) is 11.4. The summed E-state index contributed by atoms with van der Waals surface area (Å²) in [4.78, 5) is 36.3. The fraction of sp³-hybridized carbons (Fsp3) is 0.148. The minimum atomic E-state index is -1.80. The zero-order valence-corrected chi connectivity index (χ0v) is 19.2. The van der Waals surface area contributed by atoms with E-state index in [9.17, 15) is 14.4 Å². The van der Waals surface area contributed by atoms with Crippen LogP contribution in [-0.2, 0) is 18.4 Å². The average molecular weight is 489 g/mol. The van der Waals surface area contributed by atoms with Gasteiger partial charge in [-0.15, -0.1) is 6.42 Å². The second kappa shape index (κ2) is 10.9. The summed E-state index contributed by atoms with van der Waals surface area (Å²) in [6, 6.07) is 24.9. The maximum absolute atomic E-state index is 12.9. The predicted molar refractivity (Wildman–Crippen MR) is 128 cm³/mol. The Bertz CT molecular complexity index is 1220. The van der Waals surface area contributed by atoms with Gasteiger partial charge in [-0.3, -0.25) is 4.18 Å². The molecular formula is C27H20O7S. The Morgan fingerprint density at radius 1 is 0.800 bits per heavy atom. The molecule has 3 aromatic carbocycles. The van der Waals surface area contributed by atoms with Gasteiger partial charge in [0.25, 0.3) is 4.93 Å². The Morgan fingerprint density at radius 3 is 1.80 bits per heavy atom.